The molecule has 7 heteroatoms. The van der Waals surface area contributed by atoms with E-state index in [4.69, 9.17) is 4.42 Å². The Kier molecular flexibility index (Phi) is 6.16. The Hall–Kier alpha value is -2.31. The number of carbonyl (C=O) groups excluding carboxylic acids is 3. The minimum atomic E-state index is -0.863. The second kappa shape index (κ2) is 8.82. The summed E-state index contributed by atoms with van der Waals surface area (Å²) < 4.78 is 5.35. The van der Waals surface area contributed by atoms with Gasteiger partial charge in [-0.2, -0.15) is 0 Å². The smallest absolute Gasteiger partial charge is 0.325 e. The lowest BCUT2D eigenvalue weighted by Crippen LogP contribution is -2.56. The number of furan rings is 1. The van der Waals surface area contributed by atoms with Crippen molar-refractivity contribution < 1.29 is 18.8 Å². The molecule has 2 saturated heterocycles. The van der Waals surface area contributed by atoms with Crippen LogP contribution in [-0.2, 0) is 16.1 Å². The number of imide groups is 1. The number of amides is 4. The number of likely N-dealkylation sites (tertiary alicyclic amines) is 1. The third-order valence-electron chi connectivity index (χ3n) is 7.20. The maximum absolute atomic E-state index is 13.4. The lowest BCUT2D eigenvalue weighted by molar-refractivity contribution is -0.139. The van der Waals surface area contributed by atoms with Gasteiger partial charge in [0.1, 0.15) is 11.3 Å². The normalized spacial score (nSPS) is 26.3. The van der Waals surface area contributed by atoms with E-state index in [1.807, 2.05) is 11.8 Å². The molecule has 30 heavy (non-hydrogen) atoms. The Balaban J connectivity index is 1.44. The summed E-state index contributed by atoms with van der Waals surface area (Å²) in [5, 5.41) is 3.05. The number of urea groups is 1. The summed E-state index contributed by atoms with van der Waals surface area (Å²) in [6.07, 6.45) is 10.0. The maximum Gasteiger partial charge on any atom is 0.325 e. The number of rotatable bonds is 6. The van der Waals surface area contributed by atoms with Crippen molar-refractivity contribution >= 4 is 17.8 Å². The predicted molar refractivity (Wildman–Crippen MR) is 111 cm³/mol. The molecule has 1 N–H and O–H groups in total. The molecule has 3 fully saturated rings. The first kappa shape index (κ1) is 20.9. The van der Waals surface area contributed by atoms with Gasteiger partial charge in [0, 0.05) is 19.0 Å². The number of hydrogen-bond acceptors (Lipinski definition) is 4. The highest BCUT2D eigenvalue weighted by Crippen LogP contribution is 2.38. The zero-order valence-electron chi connectivity index (χ0n) is 17.9. The van der Waals surface area contributed by atoms with E-state index in [2.05, 4.69) is 5.32 Å². The van der Waals surface area contributed by atoms with Crippen LogP contribution in [0.25, 0.3) is 0 Å². The highest BCUT2D eigenvalue weighted by atomic mass is 16.3. The monoisotopic (exact) mass is 415 g/mol. The summed E-state index contributed by atoms with van der Waals surface area (Å²) in [7, 11) is 0. The number of piperidine rings is 1. The molecule has 0 radical (unpaired) electrons. The Morgan fingerprint density at radius 2 is 1.90 bits per heavy atom. The third kappa shape index (κ3) is 3.86. The molecule has 0 bridgehead atoms. The molecule has 0 spiro atoms. The standard InChI is InChI=1S/C23H33N3O4/c1-2-12-23(21(28)26(22(29)24-23)16-19-9-6-15-30-19)18-10-13-25(14-11-18)20(27)17-7-4-3-5-8-17/h6,9,15,17-18H,2-5,7-8,10-14,16H2,1H3,(H,24,29). The fraction of sp³-hybridized carbons (Fsp3) is 0.696. The molecule has 0 aromatic carbocycles. The molecular weight excluding hydrogens is 382 g/mol. The Morgan fingerprint density at radius 3 is 2.53 bits per heavy atom. The highest BCUT2D eigenvalue weighted by Gasteiger charge is 2.55. The van der Waals surface area contributed by atoms with E-state index in [1.165, 1.54) is 11.3 Å². The molecule has 164 valence electrons. The predicted octanol–water partition coefficient (Wildman–Crippen LogP) is 3.69. The molecule has 1 aliphatic carbocycles. The average Bonchev–Trinajstić information content (AvgIpc) is 3.37. The fourth-order valence-corrected chi connectivity index (χ4v) is 5.59. The Bertz CT molecular complexity index is 763. The largest absolute Gasteiger partial charge is 0.467 e. The van der Waals surface area contributed by atoms with Gasteiger partial charge in [0.05, 0.1) is 12.8 Å². The SMILES string of the molecule is CCCC1(C2CCN(C(=O)C3CCCCC3)CC2)NC(=O)N(Cc2ccco2)C1=O. The summed E-state index contributed by atoms with van der Waals surface area (Å²) >= 11 is 0. The van der Waals surface area contributed by atoms with Crippen molar-refractivity contribution in [1.82, 2.24) is 15.1 Å². The molecule has 1 aromatic heterocycles. The molecule has 4 amide bonds. The molecule has 3 heterocycles. The van der Waals surface area contributed by atoms with Crippen molar-refractivity contribution in [3.05, 3.63) is 24.2 Å². The van der Waals surface area contributed by atoms with E-state index in [0.717, 1.165) is 44.9 Å². The minimum absolute atomic E-state index is 0.0471. The first-order valence-corrected chi connectivity index (χ1v) is 11.5. The van der Waals surface area contributed by atoms with Crippen molar-refractivity contribution in [2.45, 2.75) is 76.8 Å². The average molecular weight is 416 g/mol. The van der Waals surface area contributed by atoms with Crippen LogP contribution in [0.3, 0.4) is 0 Å². The zero-order chi connectivity index (χ0) is 21.1. The molecular formula is C23H33N3O4. The van der Waals surface area contributed by atoms with Crippen LogP contribution >= 0.6 is 0 Å². The lowest BCUT2D eigenvalue weighted by Gasteiger charge is -2.42. The summed E-state index contributed by atoms with van der Waals surface area (Å²) in [4.78, 5) is 42.3. The summed E-state index contributed by atoms with van der Waals surface area (Å²) in [6.45, 7) is 3.54. The number of hydrogen-bond donors (Lipinski definition) is 1. The molecule has 1 atom stereocenters. The van der Waals surface area contributed by atoms with Crippen LogP contribution in [0.5, 0.6) is 0 Å². The van der Waals surface area contributed by atoms with Gasteiger partial charge in [0.2, 0.25) is 5.91 Å². The van der Waals surface area contributed by atoms with Gasteiger partial charge < -0.3 is 14.6 Å². The van der Waals surface area contributed by atoms with E-state index < -0.39 is 5.54 Å². The topological polar surface area (TPSA) is 82.9 Å². The van der Waals surface area contributed by atoms with Crippen molar-refractivity contribution in [2.75, 3.05) is 13.1 Å². The quantitative estimate of drug-likeness (QED) is 0.719. The van der Waals surface area contributed by atoms with E-state index in [1.54, 1.807) is 18.4 Å². The zero-order valence-corrected chi connectivity index (χ0v) is 17.9. The highest BCUT2D eigenvalue weighted by molar-refractivity contribution is 6.07. The second-order valence-corrected chi connectivity index (χ2v) is 9.06. The molecule has 4 rings (SSSR count). The summed E-state index contributed by atoms with van der Waals surface area (Å²) in [5.74, 6) is 0.961. The number of nitrogens with zero attached hydrogens (tertiary/aromatic N) is 2. The molecule has 2 aliphatic heterocycles. The summed E-state index contributed by atoms with van der Waals surface area (Å²) in [5.41, 5.74) is -0.863. The van der Waals surface area contributed by atoms with Crippen LogP contribution in [0.2, 0.25) is 0 Å². The Morgan fingerprint density at radius 1 is 1.17 bits per heavy atom. The molecule has 1 unspecified atom stereocenters. The number of carbonyl (C=O) groups is 3. The van der Waals surface area contributed by atoms with E-state index >= 15 is 0 Å². The van der Waals surface area contributed by atoms with Crippen molar-refractivity contribution in [1.29, 1.82) is 0 Å². The lowest BCUT2D eigenvalue weighted by atomic mass is 9.74. The van der Waals surface area contributed by atoms with Crippen LogP contribution in [0.1, 0.15) is 70.5 Å². The van der Waals surface area contributed by atoms with E-state index in [0.29, 0.717) is 31.2 Å². The van der Waals surface area contributed by atoms with Crippen LogP contribution in [-0.4, -0.2) is 46.3 Å². The van der Waals surface area contributed by atoms with Crippen LogP contribution in [0, 0.1) is 11.8 Å². The van der Waals surface area contributed by atoms with Gasteiger partial charge in [-0.1, -0.05) is 32.6 Å². The van der Waals surface area contributed by atoms with Crippen LogP contribution < -0.4 is 5.32 Å². The van der Waals surface area contributed by atoms with Gasteiger partial charge in [-0.25, -0.2) is 4.79 Å². The minimum Gasteiger partial charge on any atom is -0.467 e. The molecule has 7 nitrogen and oxygen atoms in total. The van der Waals surface area contributed by atoms with Crippen LogP contribution in [0.15, 0.2) is 22.8 Å². The molecule has 3 aliphatic rings. The van der Waals surface area contributed by atoms with Gasteiger partial charge in [-0.15, -0.1) is 0 Å². The molecule has 1 saturated carbocycles. The van der Waals surface area contributed by atoms with Crippen molar-refractivity contribution in [2.24, 2.45) is 11.8 Å². The molecule has 1 aromatic rings. The Labute approximate surface area is 178 Å². The van der Waals surface area contributed by atoms with E-state index in [-0.39, 0.29) is 30.3 Å². The summed E-state index contributed by atoms with van der Waals surface area (Å²) in [6, 6.07) is 3.19. The van der Waals surface area contributed by atoms with Crippen molar-refractivity contribution in [3.63, 3.8) is 0 Å². The van der Waals surface area contributed by atoms with Crippen molar-refractivity contribution in [3.8, 4) is 0 Å². The maximum atomic E-state index is 13.4. The fourth-order valence-electron chi connectivity index (χ4n) is 5.59. The van der Waals surface area contributed by atoms with Gasteiger partial charge >= 0.3 is 6.03 Å². The first-order valence-electron chi connectivity index (χ1n) is 11.5. The third-order valence-corrected chi connectivity index (χ3v) is 7.20. The van der Waals surface area contributed by atoms with Gasteiger partial charge in [0.15, 0.2) is 0 Å². The first-order chi connectivity index (χ1) is 14.5. The van der Waals surface area contributed by atoms with Gasteiger partial charge in [-0.05, 0) is 50.2 Å². The number of nitrogens with one attached hydrogen (secondary N) is 1. The van der Waals surface area contributed by atoms with Gasteiger partial charge in [0.25, 0.3) is 5.91 Å². The van der Waals surface area contributed by atoms with Gasteiger partial charge in [-0.3, -0.25) is 14.5 Å². The van der Waals surface area contributed by atoms with E-state index in [9.17, 15) is 14.4 Å². The van der Waals surface area contributed by atoms with Crippen LogP contribution in [0.4, 0.5) is 4.79 Å². The second-order valence-electron chi connectivity index (χ2n) is 9.06.